The van der Waals surface area contributed by atoms with Gasteiger partial charge in [-0.15, -0.1) is 0 Å². The minimum atomic E-state index is -3.02. The van der Waals surface area contributed by atoms with Crippen LogP contribution in [0.25, 0.3) is 10.9 Å². The van der Waals surface area contributed by atoms with Crippen molar-refractivity contribution in [1.82, 2.24) is 9.47 Å². The average molecular weight is 494 g/mol. The third kappa shape index (κ3) is 4.26. The number of fused-ring (bicyclic) bond motifs is 1. The standard InChI is InChI=1S/C18H19BrF3N3O3S/c1-18(2,3)29(28)23-15(16(21)22)11-8-25(9-6-24(7-9)17(26)27)14-5-12(19)13(20)4-10(11)14/h4-5,8-9,16H,6-7H2,1-3H3,(H,26,27)/b23-15+/t29-/m0/s1. The van der Waals surface area contributed by atoms with Crippen LogP contribution in [0.5, 0.6) is 0 Å². The molecule has 158 valence electrons. The van der Waals surface area contributed by atoms with Gasteiger partial charge in [0.1, 0.15) is 21.9 Å². The molecule has 0 bridgehead atoms. The van der Waals surface area contributed by atoms with Gasteiger partial charge in [0, 0.05) is 30.2 Å². The zero-order valence-corrected chi connectivity index (χ0v) is 18.2. The number of amides is 1. The van der Waals surface area contributed by atoms with Crippen LogP contribution in [-0.2, 0) is 11.4 Å². The number of aromatic nitrogens is 1. The molecule has 11 heteroatoms. The molecule has 1 aliphatic heterocycles. The molecular weight excluding hydrogens is 475 g/mol. The number of hydrogen-bond acceptors (Lipinski definition) is 3. The molecule has 0 aliphatic carbocycles. The molecule has 6 nitrogen and oxygen atoms in total. The molecule has 2 heterocycles. The van der Waals surface area contributed by atoms with E-state index in [9.17, 15) is 22.5 Å². The third-order valence-electron chi connectivity index (χ3n) is 4.59. The topological polar surface area (TPSA) is 80.9 Å². The first-order chi connectivity index (χ1) is 13.4. The van der Waals surface area contributed by atoms with Crippen molar-refractivity contribution in [1.29, 1.82) is 0 Å². The van der Waals surface area contributed by atoms with Crippen molar-refractivity contribution in [3.05, 3.63) is 34.2 Å². The number of carbonyl (C=O) groups is 1. The maximum Gasteiger partial charge on any atom is 0.407 e. The van der Waals surface area contributed by atoms with Crippen LogP contribution in [0, 0.1) is 5.82 Å². The number of benzene rings is 1. The number of carboxylic acid groups (broad SMARTS) is 1. The monoisotopic (exact) mass is 493 g/mol. The van der Waals surface area contributed by atoms with Crippen LogP contribution in [-0.4, -0.2) is 55.2 Å². The predicted molar refractivity (Wildman–Crippen MR) is 109 cm³/mol. The SMILES string of the molecule is CC(C)(C)[S@+]([O-])/N=C(\c1cn(C2CN(C(=O)O)C2)c2cc(Br)c(F)cc12)C(F)F. The van der Waals surface area contributed by atoms with E-state index in [-0.39, 0.29) is 34.6 Å². The lowest BCUT2D eigenvalue weighted by atomic mass is 10.1. The van der Waals surface area contributed by atoms with E-state index in [0.29, 0.717) is 5.52 Å². The summed E-state index contributed by atoms with van der Waals surface area (Å²) in [5, 5.41) is 9.24. The first-order valence-electron chi connectivity index (χ1n) is 8.66. The molecule has 1 aromatic carbocycles. The van der Waals surface area contributed by atoms with Crippen LogP contribution in [0.1, 0.15) is 32.4 Å². The lowest BCUT2D eigenvalue weighted by molar-refractivity contribution is 0.0871. The van der Waals surface area contributed by atoms with Gasteiger partial charge in [0.25, 0.3) is 6.43 Å². The van der Waals surface area contributed by atoms with E-state index >= 15 is 0 Å². The number of nitrogens with zero attached hydrogens (tertiary/aromatic N) is 3. The third-order valence-corrected chi connectivity index (χ3v) is 6.61. The Labute approximate surface area is 176 Å². The Morgan fingerprint density at radius 2 is 2.00 bits per heavy atom. The Hall–Kier alpha value is -1.72. The smallest absolute Gasteiger partial charge is 0.407 e. The second-order valence-electron chi connectivity index (χ2n) is 7.71. The van der Waals surface area contributed by atoms with Crippen molar-refractivity contribution in [3.8, 4) is 0 Å². The van der Waals surface area contributed by atoms with Gasteiger partial charge in [-0.25, -0.2) is 18.0 Å². The summed E-state index contributed by atoms with van der Waals surface area (Å²) in [6.45, 7) is 5.21. The maximum absolute atomic E-state index is 14.2. The Morgan fingerprint density at radius 1 is 1.38 bits per heavy atom. The minimum absolute atomic E-state index is 0.0206. The summed E-state index contributed by atoms with van der Waals surface area (Å²) in [4.78, 5) is 12.2. The molecule has 0 radical (unpaired) electrons. The van der Waals surface area contributed by atoms with Gasteiger partial charge in [0.2, 0.25) is 0 Å². The van der Waals surface area contributed by atoms with E-state index in [1.54, 1.807) is 25.3 Å². The molecule has 1 fully saturated rings. The van der Waals surface area contributed by atoms with Gasteiger partial charge in [-0.3, -0.25) is 0 Å². The summed E-state index contributed by atoms with van der Waals surface area (Å²) >= 11 is 1.16. The van der Waals surface area contributed by atoms with Crippen LogP contribution in [0.15, 0.2) is 27.2 Å². The summed E-state index contributed by atoms with van der Waals surface area (Å²) < 4.78 is 59.0. The number of halogens is 4. The Balaban J connectivity index is 2.15. The Kier molecular flexibility index (Phi) is 5.94. The molecule has 3 rings (SSSR count). The van der Waals surface area contributed by atoms with Crippen LogP contribution >= 0.6 is 15.9 Å². The van der Waals surface area contributed by atoms with Gasteiger partial charge in [0.05, 0.1) is 16.0 Å². The number of likely N-dealkylation sites (tertiary alicyclic amines) is 1. The highest BCUT2D eigenvalue weighted by atomic mass is 79.9. The van der Waals surface area contributed by atoms with Gasteiger partial charge >= 0.3 is 6.09 Å². The highest BCUT2D eigenvalue weighted by Crippen LogP contribution is 2.34. The van der Waals surface area contributed by atoms with Crippen molar-refractivity contribution < 1.29 is 27.6 Å². The fraction of sp³-hybridized carbons (Fsp3) is 0.444. The first kappa shape index (κ1) is 22.0. The Morgan fingerprint density at radius 3 is 2.52 bits per heavy atom. The van der Waals surface area contributed by atoms with Crippen molar-refractivity contribution in [2.75, 3.05) is 13.1 Å². The molecule has 1 saturated heterocycles. The van der Waals surface area contributed by atoms with Crippen molar-refractivity contribution in [2.24, 2.45) is 4.40 Å². The molecular formula is C18H19BrF3N3O3S. The predicted octanol–water partition coefficient (Wildman–Crippen LogP) is 4.59. The quantitative estimate of drug-likeness (QED) is 0.499. The van der Waals surface area contributed by atoms with Crippen LogP contribution in [0.3, 0.4) is 0 Å². The second kappa shape index (κ2) is 7.84. The number of alkyl halides is 2. The summed E-state index contributed by atoms with van der Waals surface area (Å²) in [5.74, 6) is -0.636. The summed E-state index contributed by atoms with van der Waals surface area (Å²) in [5.41, 5.74) is -0.246. The largest absolute Gasteiger partial charge is 0.591 e. The average Bonchev–Trinajstić information content (AvgIpc) is 2.88. The minimum Gasteiger partial charge on any atom is -0.591 e. The van der Waals surface area contributed by atoms with E-state index in [1.807, 2.05) is 0 Å². The van der Waals surface area contributed by atoms with E-state index in [1.165, 1.54) is 17.2 Å². The van der Waals surface area contributed by atoms with Crippen LogP contribution in [0.4, 0.5) is 18.0 Å². The number of rotatable bonds is 4. The summed E-state index contributed by atoms with van der Waals surface area (Å²) in [6, 6.07) is 2.30. The second-order valence-corrected chi connectivity index (χ2v) is 10.5. The van der Waals surface area contributed by atoms with Crippen LogP contribution in [0.2, 0.25) is 0 Å². The highest BCUT2D eigenvalue weighted by Gasteiger charge is 2.35. The normalized spacial score (nSPS) is 17.1. The first-order valence-corrected chi connectivity index (χ1v) is 10.6. The van der Waals surface area contributed by atoms with E-state index < -0.39 is 40.2 Å². The van der Waals surface area contributed by atoms with E-state index in [0.717, 1.165) is 6.07 Å². The molecule has 0 unspecified atom stereocenters. The summed E-state index contributed by atoms with van der Waals surface area (Å²) in [7, 11) is 0. The fourth-order valence-electron chi connectivity index (χ4n) is 2.97. The van der Waals surface area contributed by atoms with Crippen molar-refractivity contribution in [3.63, 3.8) is 0 Å². The van der Waals surface area contributed by atoms with Gasteiger partial charge in [-0.2, -0.15) is 0 Å². The van der Waals surface area contributed by atoms with Gasteiger partial charge in [0.15, 0.2) is 5.71 Å². The molecule has 0 spiro atoms. The van der Waals surface area contributed by atoms with Gasteiger partial charge in [-0.05, 0) is 48.8 Å². The molecule has 29 heavy (non-hydrogen) atoms. The lowest BCUT2D eigenvalue weighted by Gasteiger charge is -2.38. The zero-order chi connectivity index (χ0) is 21.7. The van der Waals surface area contributed by atoms with Crippen LogP contribution < -0.4 is 0 Å². The Bertz CT molecular complexity index is 984. The van der Waals surface area contributed by atoms with Gasteiger partial charge in [-0.1, -0.05) is 4.40 Å². The molecule has 1 amide bonds. The lowest BCUT2D eigenvalue weighted by Crippen LogP contribution is -2.49. The highest BCUT2D eigenvalue weighted by molar-refractivity contribution is 9.10. The molecule has 0 saturated carbocycles. The fourth-order valence-corrected chi connectivity index (χ4v) is 3.93. The molecule has 1 aromatic heterocycles. The molecule has 1 atom stereocenters. The summed E-state index contributed by atoms with van der Waals surface area (Å²) in [6.07, 6.45) is -2.69. The maximum atomic E-state index is 14.2. The van der Waals surface area contributed by atoms with Gasteiger partial charge < -0.3 is 19.1 Å². The molecule has 1 aliphatic rings. The zero-order valence-electron chi connectivity index (χ0n) is 15.8. The van der Waals surface area contributed by atoms with Crippen molar-refractivity contribution >= 4 is 50.0 Å². The molecule has 2 aromatic rings. The van der Waals surface area contributed by atoms with Crippen molar-refractivity contribution in [2.45, 2.75) is 38.0 Å². The van der Waals surface area contributed by atoms with E-state index in [2.05, 4.69) is 20.3 Å². The van der Waals surface area contributed by atoms with E-state index in [4.69, 9.17) is 5.11 Å². The molecule has 1 N–H and O–H groups in total. The number of hydrogen-bond donors (Lipinski definition) is 1.